The van der Waals surface area contributed by atoms with E-state index in [1.54, 1.807) is 24.5 Å². The summed E-state index contributed by atoms with van der Waals surface area (Å²) in [4.78, 5) is 52.0. The lowest BCUT2D eigenvalue weighted by molar-refractivity contribution is -0.141. The summed E-state index contributed by atoms with van der Waals surface area (Å²) in [5.41, 5.74) is 12.4. The Hall–Kier alpha value is -6.47. The van der Waals surface area contributed by atoms with E-state index in [0.29, 0.717) is 12.8 Å². The predicted molar refractivity (Wildman–Crippen MR) is 270 cm³/mol. The van der Waals surface area contributed by atoms with Gasteiger partial charge in [-0.15, -0.1) is 0 Å². The van der Waals surface area contributed by atoms with Crippen molar-refractivity contribution in [2.24, 2.45) is 9.98 Å². The molecule has 2 aliphatic rings. The topological polar surface area (TPSA) is 193 Å². The summed E-state index contributed by atoms with van der Waals surface area (Å²) in [5, 5.41) is 0. The number of hydrogen-bond acceptors (Lipinski definition) is 12. The van der Waals surface area contributed by atoms with Crippen LogP contribution in [0.4, 0.5) is 0 Å². The van der Waals surface area contributed by atoms with E-state index in [1.165, 1.54) is 26.4 Å². The lowest BCUT2D eigenvalue weighted by atomic mass is 10.0. The quantitative estimate of drug-likeness (QED) is 0.107. The second-order valence-electron chi connectivity index (χ2n) is 16.4. The predicted octanol–water partition coefficient (Wildman–Crippen LogP) is 10.2. The van der Waals surface area contributed by atoms with Crippen molar-refractivity contribution < 1.29 is 32.0 Å². The first-order chi connectivity index (χ1) is 33.0. The highest BCUT2D eigenvalue weighted by Gasteiger charge is 2.30. The number of rotatable bonds is 9. The van der Waals surface area contributed by atoms with Crippen LogP contribution in [0.15, 0.2) is 134 Å². The number of aromatic nitrogens is 6. The highest BCUT2D eigenvalue weighted by atomic mass is 79.9. The minimum absolute atomic E-state index is 0.0666. The van der Waals surface area contributed by atoms with Crippen molar-refractivity contribution in [1.29, 1.82) is 0 Å². The zero-order valence-electron chi connectivity index (χ0n) is 39.0. The molecule has 15 nitrogen and oxygen atoms in total. The van der Waals surface area contributed by atoms with Crippen molar-refractivity contribution in [1.82, 2.24) is 29.1 Å². The fraction of sp³-hybridized carbons (Fsp3) is 0.255. The minimum atomic E-state index is -4.02. The van der Waals surface area contributed by atoms with Crippen LogP contribution in [0.3, 0.4) is 0 Å². The number of ether oxygens (including phenoxy) is 2. The van der Waals surface area contributed by atoms with Gasteiger partial charge >= 0.3 is 11.9 Å². The van der Waals surface area contributed by atoms with Crippen LogP contribution < -0.4 is 0 Å². The molecule has 69 heavy (non-hydrogen) atoms. The van der Waals surface area contributed by atoms with Crippen LogP contribution in [0.25, 0.3) is 11.4 Å². The molecule has 0 bridgehead atoms. The third kappa shape index (κ3) is 11.5. The van der Waals surface area contributed by atoms with Crippen LogP contribution in [-0.2, 0) is 29.2 Å². The molecule has 9 rings (SSSR count). The standard InChI is InChI=1S/2C22H21BrN4O2.C7H8O3S/c2*1-13-10-19-15(11-16(13)23)21(17-6-4-5-9-24-17)26-18(7-8-20(28)29-3)22-25-12-14(2)27(19)22;1-6-2-4-7(5-3-6)11(8,9)10/h2*4-6,9-12,18H,7-8H2,1-3H3;2-5H,1H3,(H,8,9,10)/t2*18-;/m00./s1. The Kier molecular flexibility index (Phi) is 16.0. The molecule has 4 aromatic heterocycles. The number of halogens is 2. The summed E-state index contributed by atoms with van der Waals surface area (Å²) in [6.45, 7) is 10.0. The molecule has 0 amide bonds. The fourth-order valence-corrected chi connectivity index (χ4v) is 9.05. The lowest BCUT2D eigenvalue weighted by Gasteiger charge is -2.15. The molecular weight excluding hydrogens is 1030 g/mol. The molecule has 0 saturated carbocycles. The number of aliphatic imine (C=N–C) groups is 2. The summed E-state index contributed by atoms with van der Waals surface area (Å²) in [6, 6.07) is 25.4. The third-order valence-electron chi connectivity index (χ3n) is 11.5. The first kappa shape index (κ1) is 50.4. The number of pyridine rings is 2. The monoisotopic (exact) mass is 1080 g/mol. The molecule has 0 saturated heterocycles. The molecule has 2 atom stereocenters. The number of imidazole rings is 2. The van der Waals surface area contributed by atoms with Crippen molar-refractivity contribution in [3.8, 4) is 11.4 Å². The number of esters is 2. The van der Waals surface area contributed by atoms with Gasteiger partial charge in [-0.05, 0) is 119 Å². The van der Waals surface area contributed by atoms with E-state index in [-0.39, 0.29) is 41.8 Å². The maximum absolute atomic E-state index is 11.8. The van der Waals surface area contributed by atoms with Crippen LogP contribution in [-0.4, -0.2) is 79.6 Å². The summed E-state index contributed by atoms with van der Waals surface area (Å²) < 4.78 is 45.5. The second-order valence-corrected chi connectivity index (χ2v) is 19.5. The minimum Gasteiger partial charge on any atom is -0.469 e. The van der Waals surface area contributed by atoms with Gasteiger partial charge in [0, 0.05) is 69.1 Å². The van der Waals surface area contributed by atoms with Gasteiger partial charge in [-0.3, -0.25) is 43.2 Å². The maximum Gasteiger partial charge on any atom is 0.305 e. The Balaban J connectivity index is 0.000000168. The number of nitrogens with zero attached hydrogens (tertiary/aromatic N) is 8. The molecule has 0 spiro atoms. The Bertz CT molecular complexity index is 3020. The molecule has 0 unspecified atom stereocenters. The van der Waals surface area contributed by atoms with Crippen molar-refractivity contribution in [2.45, 2.75) is 77.3 Å². The lowest BCUT2D eigenvalue weighted by Crippen LogP contribution is -2.10. The zero-order chi connectivity index (χ0) is 49.6. The molecule has 7 aromatic rings. The molecule has 18 heteroatoms. The summed E-state index contributed by atoms with van der Waals surface area (Å²) >= 11 is 7.32. The molecule has 6 heterocycles. The van der Waals surface area contributed by atoms with Crippen molar-refractivity contribution >= 4 is 65.3 Å². The van der Waals surface area contributed by atoms with Crippen molar-refractivity contribution in [3.05, 3.63) is 181 Å². The molecular formula is C51H50Br2N8O7S. The summed E-state index contributed by atoms with van der Waals surface area (Å²) in [5.74, 6) is 1.13. The maximum atomic E-state index is 11.8. The molecule has 356 valence electrons. The average Bonchev–Trinajstić information content (AvgIpc) is 3.85. The van der Waals surface area contributed by atoms with Crippen LogP contribution in [0, 0.1) is 34.6 Å². The van der Waals surface area contributed by atoms with Crippen LogP contribution in [0.2, 0.25) is 0 Å². The van der Waals surface area contributed by atoms with Crippen molar-refractivity contribution in [3.63, 3.8) is 0 Å². The highest BCUT2D eigenvalue weighted by molar-refractivity contribution is 9.10. The smallest absolute Gasteiger partial charge is 0.305 e. The number of aryl methyl sites for hydroxylation is 5. The van der Waals surface area contributed by atoms with E-state index in [9.17, 15) is 18.0 Å². The second kappa shape index (κ2) is 21.9. The number of carbonyl (C=O) groups is 2. The molecule has 2 aliphatic heterocycles. The van der Waals surface area contributed by atoms with Gasteiger partial charge in [0.05, 0.1) is 53.3 Å². The van der Waals surface area contributed by atoms with Gasteiger partial charge in [0.15, 0.2) is 0 Å². The normalized spacial score (nSPS) is 14.6. The van der Waals surface area contributed by atoms with Crippen LogP contribution in [0.5, 0.6) is 0 Å². The van der Waals surface area contributed by atoms with E-state index in [4.69, 9.17) is 24.0 Å². The number of benzene rings is 3. The van der Waals surface area contributed by atoms with Gasteiger partial charge in [0.1, 0.15) is 23.7 Å². The van der Waals surface area contributed by atoms with Gasteiger partial charge in [-0.25, -0.2) is 9.97 Å². The Morgan fingerprint density at radius 2 is 1.04 bits per heavy atom. The number of methoxy groups -OCH3 is 2. The number of carbonyl (C=O) groups excluding carboxylic acids is 2. The molecule has 0 radical (unpaired) electrons. The first-order valence-electron chi connectivity index (χ1n) is 21.8. The molecule has 0 fully saturated rings. The van der Waals surface area contributed by atoms with E-state index >= 15 is 0 Å². The van der Waals surface area contributed by atoms with Gasteiger partial charge in [-0.2, -0.15) is 8.42 Å². The molecule has 0 aliphatic carbocycles. The van der Waals surface area contributed by atoms with Crippen LogP contribution >= 0.6 is 31.9 Å². The van der Waals surface area contributed by atoms with Gasteiger partial charge in [0.2, 0.25) is 0 Å². The van der Waals surface area contributed by atoms with E-state index in [1.807, 2.05) is 69.6 Å². The average molecular weight is 1080 g/mol. The highest BCUT2D eigenvalue weighted by Crippen LogP contribution is 2.38. The number of hydrogen-bond donors (Lipinski definition) is 1. The van der Waals surface area contributed by atoms with E-state index in [2.05, 4.69) is 99.0 Å². The third-order valence-corrected chi connectivity index (χ3v) is 14.1. The SMILES string of the molecule is COC(=O)CC[C@@H]1N=C(c2ccccn2)c2cc(Br)c(C)cc2-n2c(C)cnc21.COC(=O)CC[C@@H]1N=C(c2ccccn2)c2cc(Br)c(C)cc2-n2c(C)cnc21.Cc1ccc(S(=O)(=O)O)cc1. The molecule has 3 aromatic carbocycles. The Morgan fingerprint density at radius 1 is 0.623 bits per heavy atom. The largest absolute Gasteiger partial charge is 0.469 e. The van der Waals surface area contributed by atoms with Gasteiger partial charge in [0.25, 0.3) is 10.1 Å². The van der Waals surface area contributed by atoms with Crippen LogP contribution in [0.1, 0.15) is 100 Å². The van der Waals surface area contributed by atoms with E-state index < -0.39 is 10.1 Å². The Labute approximate surface area is 417 Å². The Morgan fingerprint density at radius 3 is 1.41 bits per heavy atom. The fourth-order valence-electron chi connectivity index (χ4n) is 7.88. The summed E-state index contributed by atoms with van der Waals surface area (Å²) in [6.07, 6.45) is 8.78. The van der Waals surface area contributed by atoms with Crippen molar-refractivity contribution in [2.75, 3.05) is 14.2 Å². The van der Waals surface area contributed by atoms with E-state index in [0.717, 1.165) is 94.0 Å². The zero-order valence-corrected chi connectivity index (χ0v) is 43.0. The first-order valence-corrected chi connectivity index (χ1v) is 24.9. The van der Waals surface area contributed by atoms with Gasteiger partial charge < -0.3 is 9.47 Å². The summed E-state index contributed by atoms with van der Waals surface area (Å²) in [7, 11) is -1.22. The number of fused-ring (bicyclic) bond motifs is 6. The molecule has 1 N–H and O–H groups in total. The van der Waals surface area contributed by atoms with Gasteiger partial charge in [-0.1, -0.05) is 61.7 Å².